The molecule has 0 saturated carbocycles. The van der Waals surface area contributed by atoms with Gasteiger partial charge in [0.25, 0.3) is 5.56 Å². The van der Waals surface area contributed by atoms with E-state index in [1.807, 2.05) is 50.2 Å². The second kappa shape index (κ2) is 6.28. The zero-order valence-corrected chi connectivity index (χ0v) is 13.6. The summed E-state index contributed by atoms with van der Waals surface area (Å²) in [5.41, 5.74) is 3.22. The highest BCUT2D eigenvalue weighted by molar-refractivity contribution is 5.77. The molecule has 0 aliphatic heterocycles. The minimum absolute atomic E-state index is 0.0926. The van der Waals surface area contributed by atoms with Crippen LogP contribution in [0.25, 0.3) is 16.6 Å². The Morgan fingerprint density at radius 3 is 2.62 bits per heavy atom. The number of aryl methyl sites for hydroxylation is 3. The van der Waals surface area contributed by atoms with Crippen molar-refractivity contribution in [3.05, 3.63) is 69.8 Å². The van der Waals surface area contributed by atoms with Gasteiger partial charge in [0.15, 0.2) is 0 Å². The van der Waals surface area contributed by atoms with Gasteiger partial charge in [0.1, 0.15) is 5.82 Å². The standard InChI is InChI=1S/C19H18N2O3/c1-12-11-14(8-10-18(22)23)7-9-17(12)21-13(2)20-16-6-4-3-5-15(16)19(21)24/h3-7,9,11H,8,10H2,1-2H3,(H,22,23). The molecule has 0 unspecified atom stereocenters. The zero-order valence-electron chi connectivity index (χ0n) is 13.6. The lowest BCUT2D eigenvalue weighted by Crippen LogP contribution is -2.23. The predicted octanol–water partition coefficient (Wildman–Crippen LogP) is 3.02. The first kappa shape index (κ1) is 15.9. The Morgan fingerprint density at radius 2 is 1.92 bits per heavy atom. The summed E-state index contributed by atoms with van der Waals surface area (Å²) in [6.07, 6.45) is 0.565. The summed E-state index contributed by atoms with van der Waals surface area (Å²) in [7, 11) is 0. The first-order valence-corrected chi connectivity index (χ1v) is 7.77. The zero-order chi connectivity index (χ0) is 17.3. The Kier molecular flexibility index (Phi) is 4.16. The highest BCUT2D eigenvalue weighted by Crippen LogP contribution is 2.18. The molecule has 3 aromatic rings. The van der Waals surface area contributed by atoms with Gasteiger partial charge in [-0.2, -0.15) is 0 Å². The largest absolute Gasteiger partial charge is 0.481 e. The van der Waals surface area contributed by atoms with Gasteiger partial charge in [0.05, 0.1) is 16.6 Å². The Morgan fingerprint density at radius 1 is 1.17 bits per heavy atom. The Labute approximate surface area is 139 Å². The topological polar surface area (TPSA) is 72.2 Å². The van der Waals surface area contributed by atoms with Gasteiger partial charge in [-0.1, -0.05) is 24.3 Å². The third-order valence-corrected chi connectivity index (χ3v) is 4.07. The minimum Gasteiger partial charge on any atom is -0.481 e. The monoisotopic (exact) mass is 322 g/mol. The number of para-hydroxylation sites is 1. The number of fused-ring (bicyclic) bond motifs is 1. The molecule has 0 spiro atoms. The number of carboxylic acids is 1. The van der Waals surface area contributed by atoms with Gasteiger partial charge in [0, 0.05) is 6.42 Å². The number of aliphatic carboxylic acids is 1. The average Bonchev–Trinajstić information content (AvgIpc) is 2.54. The molecule has 1 N–H and O–H groups in total. The summed E-state index contributed by atoms with van der Waals surface area (Å²) >= 11 is 0. The molecule has 1 aromatic heterocycles. The molecular formula is C19H18N2O3. The van der Waals surface area contributed by atoms with E-state index < -0.39 is 5.97 Å². The maximum atomic E-state index is 12.8. The molecule has 0 atom stereocenters. The molecule has 0 amide bonds. The van der Waals surface area contributed by atoms with Gasteiger partial charge in [0.2, 0.25) is 0 Å². The maximum Gasteiger partial charge on any atom is 0.303 e. The lowest BCUT2D eigenvalue weighted by atomic mass is 10.1. The van der Waals surface area contributed by atoms with Gasteiger partial charge in [-0.25, -0.2) is 4.98 Å². The molecule has 2 aromatic carbocycles. The molecule has 5 nitrogen and oxygen atoms in total. The predicted molar refractivity (Wildman–Crippen MR) is 92.8 cm³/mol. The van der Waals surface area contributed by atoms with E-state index in [0.29, 0.717) is 23.1 Å². The van der Waals surface area contributed by atoms with Crippen molar-refractivity contribution in [3.63, 3.8) is 0 Å². The van der Waals surface area contributed by atoms with Gasteiger partial charge in [-0.15, -0.1) is 0 Å². The molecule has 0 fully saturated rings. The summed E-state index contributed by atoms with van der Waals surface area (Å²) in [6.45, 7) is 3.73. The lowest BCUT2D eigenvalue weighted by molar-refractivity contribution is -0.136. The number of rotatable bonds is 4. The summed E-state index contributed by atoms with van der Waals surface area (Å²) in [6, 6.07) is 12.9. The Balaban J connectivity index is 2.11. The molecule has 0 bridgehead atoms. The number of nitrogens with zero attached hydrogens (tertiary/aromatic N) is 2. The van der Waals surface area contributed by atoms with Crippen LogP contribution in [0.3, 0.4) is 0 Å². The van der Waals surface area contributed by atoms with Crippen molar-refractivity contribution in [1.82, 2.24) is 9.55 Å². The summed E-state index contributed by atoms with van der Waals surface area (Å²) in [4.78, 5) is 28.1. The van der Waals surface area contributed by atoms with Crippen LogP contribution >= 0.6 is 0 Å². The van der Waals surface area contributed by atoms with Gasteiger partial charge >= 0.3 is 5.97 Å². The van der Waals surface area contributed by atoms with Crippen LogP contribution in [0.4, 0.5) is 0 Å². The SMILES string of the molecule is Cc1cc(CCC(=O)O)ccc1-n1c(C)nc2ccccc2c1=O. The molecule has 1 heterocycles. The van der Waals surface area contributed by atoms with Gasteiger partial charge in [-0.3, -0.25) is 14.2 Å². The van der Waals surface area contributed by atoms with E-state index in [1.54, 1.807) is 10.6 Å². The van der Waals surface area contributed by atoms with Crippen LogP contribution in [0.2, 0.25) is 0 Å². The highest BCUT2D eigenvalue weighted by atomic mass is 16.4. The normalized spacial score (nSPS) is 10.9. The Hall–Kier alpha value is -2.95. The molecule has 24 heavy (non-hydrogen) atoms. The van der Waals surface area contributed by atoms with Crippen LogP contribution in [-0.2, 0) is 11.2 Å². The van der Waals surface area contributed by atoms with Crippen LogP contribution < -0.4 is 5.56 Å². The third-order valence-electron chi connectivity index (χ3n) is 4.07. The molecular weight excluding hydrogens is 304 g/mol. The number of hydrogen-bond donors (Lipinski definition) is 1. The molecule has 3 rings (SSSR count). The van der Waals surface area contributed by atoms with E-state index in [2.05, 4.69) is 4.98 Å². The fraction of sp³-hybridized carbons (Fsp3) is 0.211. The molecule has 0 saturated heterocycles. The summed E-state index contributed by atoms with van der Waals surface area (Å²) in [5.74, 6) is -0.192. The smallest absolute Gasteiger partial charge is 0.303 e. The second-order valence-corrected chi connectivity index (χ2v) is 5.83. The molecule has 122 valence electrons. The highest BCUT2D eigenvalue weighted by Gasteiger charge is 2.12. The fourth-order valence-corrected chi connectivity index (χ4v) is 2.90. The van der Waals surface area contributed by atoms with Crippen molar-refractivity contribution >= 4 is 16.9 Å². The first-order chi connectivity index (χ1) is 11.5. The van der Waals surface area contributed by atoms with Crippen molar-refractivity contribution in [1.29, 1.82) is 0 Å². The number of benzene rings is 2. The van der Waals surface area contributed by atoms with Gasteiger partial charge in [-0.05, 0) is 49.6 Å². The Bertz CT molecular complexity index is 990. The van der Waals surface area contributed by atoms with E-state index >= 15 is 0 Å². The lowest BCUT2D eigenvalue weighted by Gasteiger charge is -2.14. The second-order valence-electron chi connectivity index (χ2n) is 5.83. The van der Waals surface area contributed by atoms with Crippen LogP contribution in [0.5, 0.6) is 0 Å². The van der Waals surface area contributed by atoms with E-state index in [1.165, 1.54) is 0 Å². The number of carboxylic acid groups (broad SMARTS) is 1. The quantitative estimate of drug-likeness (QED) is 0.801. The molecule has 0 radical (unpaired) electrons. The number of hydrogen-bond acceptors (Lipinski definition) is 3. The third kappa shape index (κ3) is 2.93. The van der Waals surface area contributed by atoms with E-state index in [4.69, 9.17) is 5.11 Å². The minimum atomic E-state index is -0.817. The van der Waals surface area contributed by atoms with Crippen LogP contribution in [-0.4, -0.2) is 20.6 Å². The number of carbonyl (C=O) groups is 1. The number of aromatic nitrogens is 2. The van der Waals surface area contributed by atoms with Crippen LogP contribution in [0.1, 0.15) is 23.4 Å². The molecule has 0 aliphatic rings. The first-order valence-electron chi connectivity index (χ1n) is 7.77. The summed E-state index contributed by atoms with van der Waals surface area (Å²) < 4.78 is 1.61. The average molecular weight is 322 g/mol. The summed E-state index contributed by atoms with van der Waals surface area (Å²) in [5, 5.41) is 9.38. The van der Waals surface area contributed by atoms with E-state index in [9.17, 15) is 9.59 Å². The van der Waals surface area contributed by atoms with Crippen molar-refractivity contribution in [2.24, 2.45) is 0 Å². The molecule has 0 aliphatic carbocycles. The van der Waals surface area contributed by atoms with Gasteiger partial charge < -0.3 is 5.11 Å². The van der Waals surface area contributed by atoms with Crippen molar-refractivity contribution in [2.75, 3.05) is 0 Å². The van der Waals surface area contributed by atoms with Crippen molar-refractivity contribution < 1.29 is 9.90 Å². The fourth-order valence-electron chi connectivity index (χ4n) is 2.90. The van der Waals surface area contributed by atoms with E-state index in [0.717, 1.165) is 16.8 Å². The van der Waals surface area contributed by atoms with Crippen molar-refractivity contribution in [3.8, 4) is 5.69 Å². The van der Waals surface area contributed by atoms with Crippen molar-refractivity contribution in [2.45, 2.75) is 26.7 Å². The van der Waals surface area contributed by atoms with E-state index in [-0.39, 0.29) is 12.0 Å². The molecule has 5 heteroatoms. The van der Waals surface area contributed by atoms with Crippen LogP contribution in [0, 0.1) is 13.8 Å². The van der Waals surface area contributed by atoms with Crippen LogP contribution in [0.15, 0.2) is 47.3 Å². The maximum absolute atomic E-state index is 12.8.